The Kier molecular flexibility index (Phi) is 5.21. The minimum Gasteiger partial charge on any atom is -0.383 e. The molecule has 5 rings (SSSR count). The third-order valence-electron chi connectivity index (χ3n) is 5.61. The van der Waals surface area contributed by atoms with Crippen LogP contribution in [0.3, 0.4) is 0 Å². The fourth-order valence-electron chi connectivity index (χ4n) is 3.90. The number of rotatable bonds is 4. The van der Waals surface area contributed by atoms with Crippen molar-refractivity contribution in [1.29, 1.82) is 0 Å². The lowest BCUT2D eigenvalue weighted by atomic mass is 10.0. The third-order valence-corrected chi connectivity index (χ3v) is 5.92. The summed E-state index contributed by atoms with van der Waals surface area (Å²) in [7, 11) is 1.79. The Labute approximate surface area is 194 Å². The molecule has 0 fully saturated rings. The molecule has 0 bridgehead atoms. The second-order valence-electron chi connectivity index (χ2n) is 7.74. The number of hydrogen-bond acceptors (Lipinski definition) is 6. The van der Waals surface area contributed by atoms with Crippen molar-refractivity contribution in [2.24, 2.45) is 7.05 Å². The van der Waals surface area contributed by atoms with Crippen molar-refractivity contribution in [2.75, 3.05) is 10.6 Å². The number of terminal acetylenes is 1. The van der Waals surface area contributed by atoms with Crippen molar-refractivity contribution >= 4 is 39.9 Å². The standard InChI is InChI=1S/C24H19ClN6O2/c1-3-14-4-5-15(27-8-14)10-31(16-9-28-30(2)11-16)24(32)18-6-17-19-12-33-13-20(19)23(26)29-22(17)7-21(18)25/h1,4-9,11H,10,12-13H2,2H3,(H2,26,29). The van der Waals surface area contributed by atoms with Gasteiger partial charge >= 0.3 is 0 Å². The van der Waals surface area contributed by atoms with Crippen LogP contribution < -0.4 is 10.6 Å². The van der Waals surface area contributed by atoms with E-state index in [0.29, 0.717) is 47.1 Å². The number of nitrogens with zero attached hydrogens (tertiary/aromatic N) is 5. The lowest BCUT2D eigenvalue weighted by Crippen LogP contribution is -2.31. The van der Waals surface area contributed by atoms with Crippen molar-refractivity contribution < 1.29 is 9.53 Å². The molecule has 8 nitrogen and oxygen atoms in total. The molecular formula is C24H19ClN6O2. The molecule has 33 heavy (non-hydrogen) atoms. The summed E-state index contributed by atoms with van der Waals surface area (Å²) < 4.78 is 7.20. The number of hydrogen-bond donors (Lipinski definition) is 1. The van der Waals surface area contributed by atoms with Crippen molar-refractivity contribution in [3.63, 3.8) is 0 Å². The summed E-state index contributed by atoms with van der Waals surface area (Å²) in [6.07, 6.45) is 10.4. The zero-order valence-corrected chi connectivity index (χ0v) is 18.5. The summed E-state index contributed by atoms with van der Waals surface area (Å²) in [5, 5.41) is 5.29. The average Bonchev–Trinajstić information content (AvgIpc) is 3.47. The highest BCUT2D eigenvalue weighted by Gasteiger charge is 2.25. The molecule has 0 saturated heterocycles. The first-order chi connectivity index (χ1) is 15.9. The van der Waals surface area contributed by atoms with Gasteiger partial charge in [0.15, 0.2) is 0 Å². The smallest absolute Gasteiger partial charge is 0.260 e. The predicted octanol–water partition coefficient (Wildman–Crippen LogP) is 3.46. The van der Waals surface area contributed by atoms with Crippen molar-refractivity contribution in [3.05, 3.63) is 75.8 Å². The molecule has 0 spiro atoms. The van der Waals surface area contributed by atoms with Crippen molar-refractivity contribution in [2.45, 2.75) is 19.8 Å². The van der Waals surface area contributed by atoms with Gasteiger partial charge in [-0.3, -0.25) is 19.4 Å². The lowest BCUT2D eigenvalue weighted by Gasteiger charge is -2.22. The van der Waals surface area contributed by atoms with Crippen LogP contribution >= 0.6 is 11.6 Å². The molecule has 1 aliphatic heterocycles. The van der Waals surface area contributed by atoms with Gasteiger partial charge in [0.2, 0.25) is 0 Å². The number of nitrogens with two attached hydrogens (primary N) is 1. The second-order valence-corrected chi connectivity index (χ2v) is 8.15. The Hall–Kier alpha value is -3.93. The Morgan fingerprint density at radius 2 is 2.12 bits per heavy atom. The van der Waals surface area contributed by atoms with Gasteiger partial charge in [-0.05, 0) is 29.8 Å². The number of amides is 1. The van der Waals surface area contributed by atoms with Crippen molar-refractivity contribution in [3.8, 4) is 12.3 Å². The molecule has 0 aliphatic carbocycles. The number of carbonyl (C=O) groups excluding carboxylic acids is 1. The molecule has 164 valence electrons. The van der Waals surface area contributed by atoms with Gasteiger partial charge in [0.05, 0.1) is 53.4 Å². The first-order valence-electron chi connectivity index (χ1n) is 10.1. The van der Waals surface area contributed by atoms with Gasteiger partial charge in [0, 0.05) is 36.0 Å². The van der Waals surface area contributed by atoms with E-state index in [9.17, 15) is 4.79 Å². The van der Waals surface area contributed by atoms with E-state index in [1.165, 1.54) is 0 Å². The Balaban J connectivity index is 1.59. The third kappa shape index (κ3) is 3.78. The monoisotopic (exact) mass is 458 g/mol. The Morgan fingerprint density at radius 3 is 2.82 bits per heavy atom. The van der Waals surface area contributed by atoms with E-state index >= 15 is 0 Å². The van der Waals surface area contributed by atoms with Gasteiger partial charge < -0.3 is 10.5 Å². The number of halogens is 1. The van der Waals surface area contributed by atoms with E-state index in [4.69, 9.17) is 28.5 Å². The van der Waals surface area contributed by atoms with Crippen molar-refractivity contribution in [1.82, 2.24) is 19.7 Å². The van der Waals surface area contributed by atoms with E-state index in [2.05, 4.69) is 21.0 Å². The first kappa shape index (κ1) is 20.9. The molecule has 1 amide bonds. The normalized spacial score (nSPS) is 12.5. The first-order valence-corrected chi connectivity index (χ1v) is 10.5. The molecule has 0 radical (unpaired) electrons. The molecular weight excluding hydrogens is 440 g/mol. The van der Waals surface area contributed by atoms with E-state index in [0.717, 1.165) is 16.5 Å². The summed E-state index contributed by atoms with van der Waals surface area (Å²) in [5.74, 6) is 2.67. The van der Waals surface area contributed by atoms with Gasteiger partial charge in [0.25, 0.3) is 5.91 Å². The predicted molar refractivity (Wildman–Crippen MR) is 126 cm³/mol. The minimum absolute atomic E-state index is 0.213. The van der Waals surface area contributed by atoms with E-state index in [-0.39, 0.29) is 17.5 Å². The summed E-state index contributed by atoms with van der Waals surface area (Å²) in [6.45, 7) is 1.02. The quantitative estimate of drug-likeness (QED) is 0.470. The molecule has 0 atom stereocenters. The summed E-state index contributed by atoms with van der Waals surface area (Å²) in [5.41, 5.74) is 10.8. The number of pyridine rings is 2. The number of carbonyl (C=O) groups is 1. The van der Waals surface area contributed by atoms with Crippen LogP contribution in [0.15, 0.2) is 42.9 Å². The van der Waals surface area contributed by atoms with Gasteiger partial charge in [0.1, 0.15) is 5.82 Å². The average molecular weight is 459 g/mol. The van der Waals surface area contributed by atoms with Gasteiger partial charge in [-0.25, -0.2) is 4.98 Å². The topological polar surface area (TPSA) is 99.2 Å². The lowest BCUT2D eigenvalue weighted by molar-refractivity contribution is 0.0985. The fraction of sp³-hybridized carbons (Fsp3) is 0.167. The number of benzene rings is 1. The van der Waals surface area contributed by atoms with Crippen LogP contribution in [0, 0.1) is 12.3 Å². The van der Waals surface area contributed by atoms with E-state index in [1.54, 1.807) is 59.5 Å². The highest BCUT2D eigenvalue weighted by Crippen LogP contribution is 2.34. The zero-order valence-electron chi connectivity index (χ0n) is 17.7. The van der Waals surface area contributed by atoms with Crippen LogP contribution in [0.25, 0.3) is 10.9 Å². The van der Waals surface area contributed by atoms with Crippen LogP contribution in [-0.4, -0.2) is 25.7 Å². The highest BCUT2D eigenvalue weighted by atomic mass is 35.5. The number of anilines is 2. The Bertz CT molecular complexity index is 1440. The Morgan fingerprint density at radius 1 is 1.30 bits per heavy atom. The number of nitrogen functional groups attached to an aromatic ring is 1. The minimum atomic E-state index is -0.290. The van der Waals surface area contributed by atoms with Gasteiger partial charge in [-0.2, -0.15) is 5.10 Å². The van der Waals surface area contributed by atoms with Crippen LogP contribution in [-0.2, 0) is 31.5 Å². The maximum absolute atomic E-state index is 13.8. The fourth-order valence-corrected chi connectivity index (χ4v) is 4.13. The summed E-state index contributed by atoms with van der Waals surface area (Å²) in [4.78, 5) is 24.2. The molecule has 4 aromatic rings. The van der Waals surface area contributed by atoms with Crippen LogP contribution in [0.4, 0.5) is 11.5 Å². The number of ether oxygens (including phenoxy) is 1. The molecule has 2 N–H and O–H groups in total. The van der Waals surface area contributed by atoms with Crippen LogP contribution in [0.5, 0.6) is 0 Å². The molecule has 3 aromatic heterocycles. The molecule has 1 aliphatic rings. The molecule has 4 heterocycles. The summed E-state index contributed by atoms with van der Waals surface area (Å²) >= 11 is 6.56. The molecule has 0 saturated carbocycles. The van der Waals surface area contributed by atoms with Gasteiger partial charge in [-0.15, -0.1) is 6.42 Å². The number of aryl methyl sites for hydroxylation is 1. The maximum atomic E-state index is 13.8. The number of aromatic nitrogens is 4. The van der Waals surface area contributed by atoms with E-state index in [1.807, 2.05) is 0 Å². The van der Waals surface area contributed by atoms with Crippen LogP contribution in [0.2, 0.25) is 5.02 Å². The zero-order chi connectivity index (χ0) is 23.1. The SMILES string of the molecule is C#Cc1ccc(CN(C(=O)c2cc3c4c(c(N)nc3cc2Cl)COC4)c2cnn(C)c2)nc1. The van der Waals surface area contributed by atoms with Gasteiger partial charge in [-0.1, -0.05) is 17.5 Å². The largest absolute Gasteiger partial charge is 0.383 e. The molecule has 9 heteroatoms. The molecule has 1 aromatic carbocycles. The molecule has 0 unspecified atom stereocenters. The highest BCUT2D eigenvalue weighted by molar-refractivity contribution is 6.35. The van der Waals surface area contributed by atoms with E-state index < -0.39 is 0 Å². The number of fused-ring (bicyclic) bond motifs is 3. The second kappa shape index (κ2) is 8.20. The maximum Gasteiger partial charge on any atom is 0.260 e. The van der Waals surface area contributed by atoms with Crippen LogP contribution in [0.1, 0.15) is 32.7 Å². The summed E-state index contributed by atoms with van der Waals surface area (Å²) in [6, 6.07) is 7.01.